The predicted octanol–water partition coefficient (Wildman–Crippen LogP) is 3.59. The Labute approximate surface area is 202 Å². The highest BCUT2D eigenvalue weighted by atomic mass is 16.4. The van der Waals surface area contributed by atoms with Crippen molar-refractivity contribution in [3.8, 4) is 0 Å². The Balaban J connectivity index is 1.57. The number of nitrogens with zero attached hydrogens (tertiary/aromatic N) is 1. The second-order valence-electron chi connectivity index (χ2n) is 9.34. The molecule has 35 heavy (non-hydrogen) atoms. The monoisotopic (exact) mass is 472 g/mol. The fraction of sp³-hybridized carbons (Fsp3) is 0.296. The molecule has 2 atom stereocenters. The second kappa shape index (κ2) is 8.61. The van der Waals surface area contributed by atoms with Crippen molar-refractivity contribution in [1.29, 1.82) is 0 Å². The van der Waals surface area contributed by atoms with E-state index in [2.05, 4.69) is 10.3 Å². The van der Waals surface area contributed by atoms with Gasteiger partial charge in [0.05, 0.1) is 17.9 Å². The van der Waals surface area contributed by atoms with Crippen LogP contribution in [0.25, 0.3) is 21.8 Å². The van der Waals surface area contributed by atoms with Crippen molar-refractivity contribution in [3.63, 3.8) is 0 Å². The van der Waals surface area contributed by atoms with Crippen molar-refractivity contribution in [2.75, 3.05) is 0 Å². The van der Waals surface area contributed by atoms with E-state index < -0.39 is 23.2 Å². The Morgan fingerprint density at radius 3 is 2.63 bits per heavy atom. The van der Waals surface area contributed by atoms with Crippen LogP contribution in [-0.2, 0) is 28.6 Å². The van der Waals surface area contributed by atoms with Gasteiger partial charge in [-0.05, 0) is 36.4 Å². The normalized spacial score (nSPS) is 20.2. The number of hydrogen-bond acceptors (Lipinski definition) is 3. The largest absolute Gasteiger partial charge is 0.477 e. The van der Waals surface area contributed by atoms with E-state index in [4.69, 9.17) is 5.73 Å². The fourth-order valence-electron chi connectivity index (χ4n) is 5.87. The molecule has 0 spiro atoms. The van der Waals surface area contributed by atoms with Gasteiger partial charge in [-0.1, -0.05) is 49.2 Å². The van der Waals surface area contributed by atoms with Crippen molar-refractivity contribution in [2.45, 2.75) is 37.6 Å². The first kappa shape index (κ1) is 22.7. The molecule has 2 aromatic carbocycles. The molecule has 1 fully saturated rings. The number of aryl methyl sites for hydroxylation is 1. The van der Waals surface area contributed by atoms with Crippen LogP contribution in [0.2, 0.25) is 0 Å². The molecule has 0 radical (unpaired) electrons. The molecule has 1 saturated carbocycles. The number of aromatic amines is 1. The molecule has 1 aliphatic carbocycles. The number of rotatable bonds is 6. The number of carbonyl (C=O) groups excluding carboxylic acids is 2. The number of fused-ring (bicyclic) bond motifs is 2. The van der Waals surface area contributed by atoms with Crippen LogP contribution in [0.3, 0.4) is 0 Å². The maximum atomic E-state index is 13.6. The lowest BCUT2D eigenvalue weighted by Gasteiger charge is -2.41. The Hall–Kier alpha value is -4.07. The zero-order valence-corrected chi connectivity index (χ0v) is 19.5. The van der Waals surface area contributed by atoms with E-state index in [1.165, 1.54) is 0 Å². The zero-order chi connectivity index (χ0) is 24.7. The number of hydrogen-bond donors (Lipinski definition) is 4. The summed E-state index contributed by atoms with van der Waals surface area (Å²) in [5.74, 6) is -2.89. The predicted molar refractivity (Wildman–Crippen MR) is 133 cm³/mol. The van der Waals surface area contributed by atoms with Gasteiger partial charge >= 0.3 is 5.97 Å². The van der Waals surface area contributed by atoms with E-state index in [-0.39, 0.29) is 18.1 Å². The van der Waals surface area contributed by atoms with Crippen molar-refractivity contribution in [2.24, 2.45) is 18.7 Å². The molecule has 0 aliphatic heterocycles. The number of para-hydroxylation sites is 2. The summed E-state index contributed by atoms with van der Waals surface area (Å²) in [6, 6.07) is 17.1. The van der Waals surface area contributed by atoms with Gasteiger partial charge in [-0.2, -0.15) is 0 Å². The highest BCUT2D eigenvalue weighted by Gasteiger charge is 2.53. The number of H-pyrrole nitrogens is 1. The van der Waals surface area contributed by atoms with Gasteiger partial charge in [-0.15, -0.1) is 0 Å². The van der Waals surface area contributed by atoms with Gasteiger partial charge in [-0.3, -0.25) is 9.59 Å². The second-order valence-corrected chi connectivity index (χ2v) is 9.34. The van der Waals surface area contributed by atoms with E-state index in [0.717, 1.165) is 23.0 Å². The van der Waals surface area contributed by atoms with E-state index in [1.54, 1.807) is 23.7 Å². The minimum absolute atomic E-state index is 0.000294. The summed E-state index contributed by atoms with van der Waals surface area (Å²) >= 11 is 0. The van der Waals surface area contributed by atoms with Crippen molar-refractivity contribution < 1.29 is 19.5 Å². The molecule has 8 nitrogen and oxygen atoms in total. The molecule has 1 aliphatic rings. The van der Waals surface area contributed by atoms with Crippen molar-refractivity contribution in [1.82, 2.24) is 14.9 Å². The third kappa shape index (κ3) is 3.56. The van der Waals surface area contributed by atoms with Gasteiger partial charge in [0.1, 0.15) is 5.69 Å². The van der Waals surface area contributed by atoms with Crippen LogP contribution in [0, 0.1) is 5.92 Å². The average Bonchev–Trinajstić information content (AvgIpc) is 3.41. The van der Waals surface area contributed by atoms with E-state index >= 15 is 0 Å². The average molecular weight is 473 g/mol. The summed E-state index contributed by atoms with van der Waals surface area (Å²) in [6.07, 6.45) is 2.20. The molecule has 0 bridgehead atoms. The molecule has 5 rings (SSSR count). The number of primary amides is 1. The lowest BCUT2D eigenvalue weighted by atomic mass is 9.60. The maximum Gasteiger partial charge on any atom is 0.352 e. The van der Waals surface area contributed by atoms with Crippen LogP contribution in [0.5, 0.6) is 0 Å². The smallest absolute Gasteiger partial charge is 0.352 e. The zero-order valence-electron chi connectivity index (χ0n) is 19.5. The van der Waals surface area contributed by atoms with Crippen molar-refractivity contribution in [3.05, 3.63) is 71.5 Å². The molecule has 180 valence electrons. The number of nitrogens with two attached hydrogens (primary N) is 1. The third-order valence-electron chi connectivity index (χ3n) is 7.46. The van der Waals surface area contributed by atoms with Crippen LogP contribution in [0.1, 0.15) is 47.4 Å². The SMILES string of the molecule is Cn1c(C(=O)O)c([C@]2(C(N)=O)CCCC[C@H]2C(=O)NCc2cc3ccccc3[nH]2)c2ccccc21. The number of aromatic nitrogens is 2. The number of aromatic carboxylic acids is 1. The first-order chi connectivity index (χ1) is 16.8. The van der Waals surface area contributed by atoms with Crippen LogP contribution in [0.4, 0.5) is 0 Å². The summed E-state index contributed by atoms with van der Waals surface area (Å²) < 4.78 is 1.58. The minimum Gasteiger partial charge on any atom is -0.477 e. The summed E-state index contributed by atoms with van der Waals surface area (Å²) in [5.41, 5.74) is 7.49. The van der Waals surface area contributed by atoms with Crippen molar-refractivity contribution >= 4 is 39.6 Å². The van der Waals surface area contributed by atoms with Gasteiger partial charge in [0, 0.05) is 34.7 Å². The Bertz CT molecular complexity index is 1430. The van der Waals surface area contributed by atoms with Crippen LogP contribution in [0.15, 0.2) is 54.6 Å². The molecule has 4 aromatic rings. The number of carboxylic acids is 1. The third-order valence-corrected chi connectivity index (χ3v) is 7.46. The molecule has 2 heterocycles. The molecule has 2 amide bonds. The number of carboxylic acid groups (broad SMARTS) is 1. The summed E-state index contributed by atoms with van der Waals surface area (Å²) in [4.78, 5) is 42.6. The Morgan fingerprint density at radius 1 is 1.14 bits per heavy atom. The van der Waals surface area contributed by atoms with Crippen LogP contribution < -0.4 is 11.1 Å². The van der Waals surface area contributed by atoms with Crippen LogP contribution in [-0.4, -0.2) is 32.4 Å². The lowest BCUT2D eigenvalue weighted by molar-refractivity contribution is -0.137. The number of benzene rings is 2. The van der Waals surface area contributed by atoms with Gasteiger partial charge in [-0.25, -0.2) is 4.79 Å². The Morgan fingerprint density at radius 2 is 1.89 bits per heavy atom. The summed E-state index contributed by atoms with van der Waals surface area (Å²) in [6.45, 7) is 0.264. The standard InChI is InChI=1S/C27H28N4O4/c1-31-21-12-5-3-9-18(21)22(23(31)25(33)34)27(26(28)35)13-7-6-10-19(27)24(32)29-15-17-14-16-8-2-4-11-20(16)30-17/h2-5,8-9,11-12,14,19,30H,6-7,10,13,15H2,1H3,(H2,28,35)(H,29,32)(H,33,34)/t19-,27-/m0/s1. The van der Waals surface area contributed by atoms with E-state index in [9.17, 15) is 19.5 Å². The van der Waals surface area contributed by atoms with Gasteiger partial charge in [0.15, 0.2) is 0 Å². The highest BCUT2D eigenvalue weighted by molar-refractivity contribution is 6.06. The molecule has 5 N–H and O–H groups in total. The van der Waals surface area contributed by atoms with E-state index in [0.29, 0.717) is 35.7 Å². The number of nitrogens with one attached hydrogen (secondary N) is 2. The summed E-state index contributed by atoms with van der Waals surface area (Å²) in [5, 5.41) is 14.8. The summed E-state index contributed by atoms with van der Waals surface area (Å²) in [7, 11) is 1.66. The first-order valence-electron chi connectivity index (χ1n) is 11.8. The van der Waals surface area contributed by atoms with Gasteiger partial charge in [0.2, 0.25) is 11.8 Å². The maximum absolute atomic E-state index is 13.6. The van der Waals surface area contributed by atoms with Crippen LogP contribution >= 0.6 is 0 Å². The fourth-order valence-corrected chi connectivity index (χ4v) is 5.87. The van der Waals surface area contributed by atoms with E-state index in [1.807, 2.05) is 42.5 Å². The van der Waals surface area contributed by atoms with Gasteiger partial charge < -0.3 is 25.7 Å². The first-order valence-corrected chi connectivity index (χ1v) is 11.8. The minimum atomic E-state index is -1.42. The number of amides is 2. The Kier molecular flexibility index (Phi) is 5.59. The van der Waals surface area contributed by atoms with Gasteiger partial charge in [0.25, 0.3) is 0 Å². The molecule has 0 unspecified atom stereocenters. The number of carbonyl (C=O) groups is 3. The molecule has 0 saturated heterocycles. The highest BCUT2D eigenvalue weighted by Crippen LogP contribution is 2.48. The quantitative estimate of drug-likeness (QED) is 0.342. The molecular formula is C27H28N4O4. The molecule has 8 heteroatoms. The molecular weight excluding hydrogens is 444 g/mol. The lowest BCUT2D eigenvalue weighted by Crippen LogP contribution is -2.54. The topological polar surface area (TPSA) is 130 Å². The molecule has 2 aromatic heterocycles.